The molecule has 0 aliphatic carbocycles. The molecule has 2 aromatic carbocycles. The molecular formula is C31H29F6N5O3S. The van der Waals surface area contributed by atoms with E-state index in [0.29, 0.717) is 41.0 Å². The van der Waals surface area contributed by atoms with Crippen molar-refractivity contribution in [2.75, 3.05) is 25.4 Å². The van der Waals surface area contributed by atoms with Gasteiger partial charge in [-0.05, 0) is 62.7 Å². The number of aryl methyl sites for hydroxylation is 1. The molecule has 15 heteroatoms. The lowest BCUT2D eigenvalue weighted by molar-refractivity contribution is -0.143. The number of furan rings is 1. The van der Waals surface area contributed by atoms with E-state index >= 15 is 0 Å². The van der Waals surface area contributed by atoms with Crippen molar-refractivity contribution >= 4 is 23.6 Å². The van der Waals surface area contributed by atoms with Crippen LogP contribution in [0, 0.1) is 6.92 Å². The Kier molecular flexibility index (Phi) is 9.52. The van der Waals surface area contributed by atoms with Crippen LogP contribution in [0.3, 0.4) is 0 Å². The van der Waals surface area contributed by atoms with Crippen LogP contribution in [0.15, 0.2) is 70.4 Å². The Morgan fingerprint density at radius 3 is 2.22 bits per heavy atom. The predicted molar refractivity (Wildman–Crippen MR) is 157 cm³/mol. The van der Waals surface area contributed by atoms with Gasteiger partial charge in [-0.15, -0.1) is 10.2 Å². The number of carbonyl (C=O) groups excluding carboxylic acids is 2. The lowest BCUT2D eigenvalue weighted by atomic mass is 10.0. The number of hydrogen-bond donors (Lipinski definition) is 0. The zero-order valence-electron chi connectivity index (χ0n) is 24.7. The molecule has 0 saturated carbocycles. The van der Waals surface area contributed by atoms with Crippen LogP contribution in [0.25, 0.3) is 17.3 Å². The highest BCUT2D eigenvalue weighted by atomic mass is 32.2. The number of aromatic nitrogens is 3. The average Bonchev–Trinajstić information content (AvgIpc) is 3.68. The molecule has 0 N–H and O–H groups in total. The third-order valence-corrected chi connectivity index (χ3v) is 8.52. The number of rotatable bonds is 8. The molecule has 1 saturated heterocycles. The molecule has 2 aromatic heterocycles. The van der Waals surface area contributed by atoms with Gasteiger partial charge in [-0.25, -0.2) is 0 Å². The first-order chi connectivity index (χ1) is 21.7. The van der Waals surface area contributed by atoms with E-state index in [1.165, 1.54) is 16.7 Å². The van der Waals surface area contributed by atoms with Crippen molar-refractivity contribution in [2.45, 2.75) is 50.2 Å². The van der Waals surface area contributed by atoms with E-state index in [1.54, 1.807) is 30.2 Å². The SMILES string of the molecule is Cc1ccc(-n2c(SCCCC(=O)N3CCN(C(=O)c4cc(C(F)(F)F)cc(C(F)(F)F)c4)C(C)C3)nnc2-c2ccco2)cc1. The Morgan fingerprint density at radius 2 is 1.63 bits per heavy atom. The molecule has 1 aliphatic heterocycles. The summed E-state index contributed by atoms with van der Waals surface area (Å²) in [5.74, 6) is 0.497. The Labute approximate surface area is 264 Å². The summed E-state index contributed by atoms with van der Waals surface area (Å²) in [5, 5.41) is 9.26. The van der Waals surface area contributed by atoms with E-state index in [9.17, 15) is 35.9 Å². The fourth-order valence-corrected chi connectivity index (χ4v) is 6.02. The van der Waals surface area contributed by atoms with Crippen molar-refractivity contribution in [3.8, 4) is 17.3 Å². The summed E-state index contributed by atoms with van der Waals surface area (Å²) < 4.78 is 87.2. The van der Waals surface area contributed by atoms with Crippen LogP contribution >= 0.6 is 11.8 Å². The highest BCUT2D eigenvalue weighted by Gasteiger charge is 2.39. The minimum Gasteiger partial charge on any atom is -0.461 e. The zero-order valence-corrected chi connectivity index (χ0v) is 25.5. The van der Waals surface area contributed by atoms with E-state index in [4.69, 9.17) is 4.42 Å². The topological polar surface area (TPSA) is 84.5 Å². The fraction of sp³-hybridized carbons (Fsp3) is 0.355. The normalized spacial score (nSPS) is 15.8. The van der Waals surface area contributed by atoms with Gasteiger partial charge in [0.25, 0.3) is 5.91 Å². The maximum atomic E-state index is 13.3. The quantitative estimate of drug-likeness (QED) is 0.113. The zero-order chi connectivity index (χ0) is 33.2. The molecule has 8 nitrogen and oxygen atoms in total. The van der Waals surface area contributed by atoms with Crippen molar-refractivity contribution in [3.05, 3.63) is 83.1 Å². The molecule has 0 spiro atoms. The molecule has 4 aromatic rings. The largest absolute Gasteiger partial charge is 0.461 e. The number of benzene rings is 2. The summed E-state index contributed by atoms with van der Waals surface area (Å²) in [5.41, 5.74) is -1.88. The lowest BCUT2D eigenvalue weighted by Gasteiger charge is -2.40. The van der Waals surface area contributed by atoms with E-state index in [-0.39, 0.29) is 38.0 Å². The number of nitrogens with zero attached hydrogens (tertiary/aromatic N) is 5. The van der Waals surface area contributed by atoms with Crippen LogP contribution in [0.4, 0.5) is 26.3 Å². The molecule has 46 heavy (non-hydrogen) atoms. The first-order valence-corrected chi connectivity index (χ1v) is 15.3. The molecule has 1 fully saturated rings. The van der Waals surface area contributed by atoms with Crippen molar-refractivity contribution in [1.29, 1.82) is 0 Å². The molecule has 2 amide bonds. The van der Waals surface area contributed by atoms with E-state index in [2.05, 4.69) is 10.2 Å². The molecule has 5 rings (SSSR count). The number of alkyl halides is 6. The van der Waals surface area contributed by atoms with E-state index in [0.717, 1.165) is 11.3 Å². The maximum absolute atomic E-state index is 13.3. The second-order valence-corrected chi connectivity index (χ2v) is 12.0. The van der Waals surface area contributed by atoms with Gasteiger partial charge in [0.2, 0.25) is 11.7 Å². The number of halogens is 6. The Morgan fingerprint density at radius 1 is 0.957 bits per heavy atom. The monoisotopic (exact) mass is 665 g/mol. The van der Waals surface area contributed by atoms with Gasteiger partial charge in [-0.2, -0.15) is 26.3 Å². The fourth-order valence-electron chi connectivity index (χ4n) is 5.13. The summed E-state index contributed by atoms with van der Waals surface area (Å²) in [4.78, 5) is 28.8. The van der Waals surface area contributed by atoms with Gasteiger partial charge in [0.15, 0.2) is 10.9 Å². The second kappa shape index (κ2) is 13.2. The molecular weight excluding hydrogens is 636 g/mol. The number of amides is 2. The van der Waals surface area contributed by atoms with Gasteiger partial charge in [-0.1, -0.05) is 29.5 Å². The third-order valence-electron chi connectivity index (χ3n) is 7.51. The second-order valence-electron chi connectivity index (χ2n) is 10.9. The van der Waals surface area contributed by atoms with Crippen LogP contribution in [0.5, 0.6) is 0 Å². The van der Waals surface area contributed by atoms with E-state index < -0.39 is 41.0 Å². The number of carbonyl (C=O) groups is 2. The molecule has 1 unspecified atom stereocenters. The lowest BCUT2D eigenvalue weighted by Crippen LogP contribution is -2.55. The van der Waals surface area contributed by atoms with Crippen LogP contribution in [0.1, 0.15) is 46.8 Å². The molecule has 0 radical (unpaired) electrons. The van der Waals surface area contributed by atoms with Gasteiger partial charge in [0, 0.05) is 49.1 Å². The highest BCUT2D eigenvalue weighted by Crippen LogP contribution is 2.37. The number of piperazine rings is 1. The minimum absolute atomic E-state index is 0.0144. The number of hydrogen-bond acceptors (Lipinski definition) is 6. The summed E-state index contributed by atoms with van der Waals surface area (Å²) >= 11 is 1.42. The summed E-state index contributed by atoms with van der Waals surface area (Å²) in [6, 6.07) is 11.6. The van der Waals surface area contributed by atoms with Crippen LogP contribution in [0.2, 0.25) is 0 Å². The van der Waals surface area contributed by atoms with Crippen molar-refractivity contribution in [1.82, 2.24) is 24.6 Å². The van der Waals surface area contributed by atoms with Crippen molar-refractivity contribution < 1.29 is 40.3 Å². The molecule has 1 atom stereocenters. The minimum atomic E-state index is -5.07. The van der Waals surface area contributed by atoms with Gasteiger partial charge in [-0.3, -0.25) is 14.2 Å². The third kappa shape index (κ3) is 7.40. The first kappa shape index (κ1) is 33.1. The molecule has 3 heterocycles. The van der Waals surface area contributed by atoms with Gasteiger partial charge >= 0.3 is 12.4 Å². The molecule has 0 bridgehead atoms. The maximum Gasteiger partial charge on any atom is 0.416 e. The summed E-state index contributed by atoms with van der Waals surface area (Å²) in [6.45, 7) is 3.74. The van der Waals surface area contributed by atoms with Crippen molar-refractivity contribution in [2.24, 2.45) is 0 Å². The van der Waals surface area contributed by atoms with Crippen molar-refractivity contribution in [3.63, 3.8) is 0 Å². The average molecular weight is 666 g/mol. The standard InChI is InChI=1S/C31H29F6N5O3S/c1-19-7-9-24(10-8-19)42-27(25-5-3-13-45-25)38-39-29(42)46-14-4-6-26(43)40-11-12-41(20(2)18-40)28(44)21-15-22(30(32,33)34)17-23(16-21)31(35,36)37/h3,5,7-10,13,15-17,20H,4,6,11-12,14,18H2,1-2H3. The Bertz CT molecular complexity index is 1650. The van der Waals surface area contributed by atoms with Gasteiger partial charge in [0.05, 0.1) is 17.4 Å². The summed E-state index contributed by atoms with van der Waals surface area (Å²) in [6.07, 6.45) is -7.89. The van der Waals surface area contributed by atoms with Gasteiger partial charge < -0.3 is 14.2 Å². The Balaban J connectivity index is 1.19. The van der Waals surface area contributed by atoms with E-state index in [1.807, 2.05) is 35.8 Å². The van der Waals surface area contributed by atoms with Gasteiger partial charge in [0.1, 0.15) is 0 Å². The number of thioether (sulfide) groups is 1. The van der Waals surface area contributed by atoms with Crippen LogP contribution < -0.4 is 0 Å². The molecule has 244 valence electrons. The van der Waals surface area contributed by atoms with Crippen LogP contribution in [-0.2, 0) is 17.1 Å². The highest BCUT2D eigenvalue weighted by molar-refractivity contribution is 7.99. The Hall–Kier alpha value is -4.27. The molecule has 1 aliphatic rings. The predicted octanol–water partition coefficient (Wildman–Crippen LogP) is 7.12. The first-order valence-electron chi connectivity index (χ1n) is 14.3. The smallest absolute Gasteiger partial charge is 0.416 e. The van der Waals surface area contributed by atoms with Crippen LogP contribution in [-0.4, -0.2) is 67.8 Å². The summed E-state index contributed by atoms with van der Waals surface area (Å²) in [7, 11) is 0.